The molecule has 0 radical (unpaired) electrons. The fraction of sp³-hybridized carbons (Fsp3) is 0. The van der Waals surface area contributed by atoms with Crippen molar-refractivity contribution in [2.75, 3.05) is 10.6 Å². The van der Waals surface area contributed by atoms with E-state index in [1.165, 1.54) is 0 Å². The Labute approximate surface area is 208 Å². The quantitative estimate of drug-likeness (QED) is 0.267. The summed E-state index contributed by atoms with van der Waals surface area (Å²) < 4.78 is 0. The van der Waals surface area contributed by atoms with E-state index in [0.717, 1.165) is 37.8 Å². The third-order valence-electron chi connectivity index (χ3n) is 5.07. The van der Waals surface area contributed by atoms with Crippen molar-refractivity contribution in [3.8, 4) is 0 Å². The molecule has 168 valence electrons. The molecule has 0 bridgehead atoms. The van der Waals surface area contributed by atoms with Gasteiger partial charge >= 0.3 is 0 Å². The van der Waals surface area contributed by atoms with E-state index in [-0.39, 0.29) is 18.3 Å². The summed E-state index contributed by atoms with van der Waals surface area (Å²) in [7, 11) is 0. The summed E-state index contributed by atoms with van der Waals surface area (Å²) in [5.41, 5.74) is 4.16. The van der Waals surface area contributed by atoms with E-state index in [9.17, 15) is 4.79 Å². The highest BCUT2D eigenvalue weighted by Gasteiger charge is 2.08. The number of benzene rings is 3. The van der Waals surface area contributed by atoms with Crippen molar-refractivity contribution in [2.24, 2.45) is 0 Å². The summed E-state index contributed by atoms with van der Waals surface area (Å²) in [4.78, 5) is 23.3. The fourth-order valence-corrected chi connectivity index (χ4v) is 4.22. The molecule has 5 aromatic rings. The first-order chi connectivity index (χ1) is 16.2. The molecule has 0 atom stereocenters. The van der Waals surface area contributed by atoms with Crippen molar-refractivity contribution in [1.82, 2.24) is 9.97 Å². The average Bonchev–Trinajstić information content (AvgIpc) is 2.86. The van der Waals surface area contributed by atoms with Crippen LogP contribution in [0, 0.1) is 0 Å². The van der Waals surface area contributed by atoms with E-state index in [4.69, 9.17) is 0 Å². The Morgan fingerprint density at radius 2 is 1.38 bits per heavy atom. The Morgan fingerprint density at radius 3 is 2.15 bits per heavy atom. The summed E-state index contributed by atoms with van der Waals surface area (Å²) in [6.07, 6.45) is 5.33. The number of carbonyl (C=O) groups is 1. The molecule has 34 heavy (non-hydrogen) atoms. The Bertz CT molecular complexity index is 1390. The zero-order valence-corrected chi connectivity index (χ0v) is 19.6. The fourth-order valence-electron chi connectivity index (χ4n) is 3.42. The lowest BCUT2D eigenvalue weighted by Gasteiger charge is -2.10. The Morgan fingerprint density at radius 1 is 0.706 bits per heavy atom. The minimum Gasteiger partial charge on any atom is -0.355 e. The number of amides is 1. The normalized spacial score (nSPS) is 10.4. The van der Waals surface area contributed by atoms with Crippen LogP contribution in [-0.4, -0.2) is 15.9 Å². The highest BCUT2D eigenvalue weighted by molar-refractivity contribution is 7.99. The van der Waals surface area contributed by atoms with Crippen LogP contribution in [0.5, 0.6) is 0 Å². The monoisotopic (exact) mass is 484 g/mol. The highest BCUT2D eigenvalue weighted by Crippen LogP contribution is 2.28. The van der Waals surface area contributed by atoms with E-state index in [2.05, 4.69) is 20.6 Å². The summed E-state index contributed by atoms with van der Waals surface area (Å²) in [6.45, 7) is 0. The van der Waals surface area contributed by atoms with Crippen LogP contribution in [-0.2, 0) is 0 Å². The van der Waals surface area contributed by atoms with Crippen molar-refractivity contribution in [2.45, 2.75) is 9.79 Å². The molecule has 5 nitrogen and oxygen atoms in total. The Hall–Kier alpha value is -3.87. The van der Waals surface area contributed by atoms with Gasteiger partial charge in [-0.25, -0.2) is 0 Å². The average molecular weight is 485 g/mol. The molecule has 5 rings (SSSR count). The molecule has 1 amide bonds. The number of rotatable bonds is 6. The molecule has 0 aliphatic heterocycles. The maximum Gasteiger partial charge on any atom is 0.255 e. The molecule has 7 heteroatoms. The summed E-state index contributed by atoms with van der Waals surface area (Å²) >= 11 is 1.65. The molecule has 0 fully saturated rings. The molecule has 0 spiro atoms. The molecular formula is C27H21ClN4OS. The van der Waals surface area contributed by atoms with Crippen LogP contribution < -0.4 is 10.6 Å². The first-order valence-corrected chi connectivity index (χ1v) is 11.3. The van der Waals surface area contributed by atoms with Crippen LogP contribution in [0.15, 0.2) is 119 Å². The molecule has 3 aromatic carbocycles. The van der Waals surface area contributed by atoms with Crippen molar-refractivity contribution in [3.05, 3.63) is 115 Å². The Kier molecular flexibility index (Phi) is 7.42. The molecule has 0 unspecified atom stereocenters. The van der Waals surface area contributed by atoms with Gasteiger partial charge in [-0.1, -0.05) is 30.0 Å². The van der Waals surface area contributed by atoms with Gasteiger partial charge in [-0.3, -0.25) is 14.8 Å². The number of hydrogen-bond acceptors (Lipinski definition) is 5. The number of halogens is 1. The maximum atomic E-state index is 12.7. The minimum atomic E-state index is -0.148. The lowest BCUT2D eigenvalue weighted by atomic mass is 10.1. The van der Waals surface area contributed by atoms with E-state index >= 15 is 0 Å². The zero-order valence-electron chi connectivity index (χ0n) is 18.0. The van der Waals surface area contributed by atoms with Gasteiger partial charge in [0.05, 0.1) is 5.52 Å². The van der Waals surface area contributed by atoms with Gasteiger partial charge in [0, 0.05) is 56.4 Å². The standard InChI is InChI=1S/C27H20N4OS.ClH/c32-27(31-21-9-11-22(12-10-21)33-23-13-16-28-17-14-23)19-5-7-20(8-6-19)30-26-15-18-29-25-4-2-1-3-24(25)26;/h1-18H,(H,29,30)(H,31,32);1H. The summed E-state index contributed by atoms with van der Waals surface area (Å²) in [6, 6.07) is 29.1. The lowest BCUT2D eigenvalue weighted by Crippen LogP contribution is -2.11. The predicted molar refractivity (Wildman–Crippen MR) is 141 cm³/mol. The van der Waals surface area contributed by atoms with Crippen molar-refractivity contribution >= 4 is 58.0 Å². The van der Waals surface area contributed by atoms with Crippen molar-refractivity contribution < 1.29 is 4.79 Å². The molecule has 2 N–H and O–H groups in total. The number of pyridine rings is 2. The SMILES string of the molecule is Cl.O=C(Nc1ccc(Sc2ccncc2)cc1)c1ccc(Nc2ccnc3ccccc23)cc1. The van der Waals surface area contributed by atoms with Crippen LogP contribution in [0.1, 0.15) is 10.4 Å². The molecule has 0 saturated carbocycles. The Balaban J connectivity index is 0.00000274. The van der Waals surface area contributed by atoms with Gasteiger partial charge in [-0.15, -0.1) is 12.4 Å². The second-order valence-corrected chi connectivity index (χ2v) is 8.49. The largest absolute Gasteiger partial charge is 0.355 e. The van der Waals surface area contributed by atoms with Crippen molar-refractivity contribution in [3.63, 3.8) is 0 Å². The van der Waals surface area contributed by atoms with Crippen LogP contribution in [0.3, 0.4) is 0 Å². The first-order valence-electron chi connectivity index (χ1n) is 10.4. The van der Waals surface area contributed by atoms with Crippen LogP contribution in [0.2, 0.25) is 0 Å². The van der Waals surface area contributed by atoms with Gasteiger partial charge in [0.2, 0.25) is 0 Å². The number of fused-ring (bicyclic) bond motifs is 1. The number of nitrogens with zero attached hydrogens (tertiary/aromatic N) is 2. The van der Waals surface area contributed by atoms with Gasteiger partial charge in [0.25, 0.3) is 5.91 Å². The maximum absolute atomic E-state index is 12.7. The molecule has 0 aliphatic carbocycles. The van der Waals surface area contributed by atoms with E-state index in [1.807, 2.05) is 91.0 Å². The molecule has 2 aromatic heterocycles. The van der Waals surface area contributed by atoms with Gasteiger partial charge in [0.1, 0.15) is 0 Å². The number of anilines is 3. The number of carbonyl (C=O) groups excluding carboxylic acids is 1. The third kappa shape index (κ3) is 5.54. The molecule has 0 aliphatic rings. The topological polar surface area (TPSA) is 66.9 Å². The first kappa shape index (κ1) is 23.3. The van der Waals surface area contributed by atoms with E-state index in [1.54, 1.807) is 30.4 Å². The van der Waals surface area contributed by atoms with Gasteiger partial charge < -0.3 is 10.6 Å². The molecule has 2 heterocycles. The smallest absolute Gasteiger partial charge is 0.255 e. The van der Waals surface area contributed by atoms with Crippen LogP contribution in [0.25, 0.3) is 10.9 Å². The number of para-hydroxylation sites is 1. The molecular weight excluding hydrogens is 464 g/mol. The predicted octanol–water partition coefficient (Wildman–Crippen LogP) is 7.20. The number of aromatic nitrogens is 2. The number of nitrogens with one attached hydrogen (secondary N) is 2. The van der Waals surface area contributed by atoms with E-state index in [0.29, 0.717) is 5.56 Å². The second kappa shape index (κ2) is 10.8. The van der Waals surface area contributed by atoms with Gasteiger partial charge in [0.15, 0.2) is 0 Å². The van der Waals surface area contributed by atoms with Crippen LogP contribution in [0.4, 0.5) is 17.1 Å². The molecule has 0 saturated heterocycles. The number of hydrogen-bond donors (Lipinski definition) is 2. The minimum absolute atomic E-state index is 0. The highest BCUT2D eigenvalue weighted by atomic mass is 35.5. The summed E-state index contributed by atoms with van der Waals surface area (Å²) in [5, 5.41) is 7.42. The van der Waals surface area contributed by atoms with Gasteiger partial charge in [-0.2, -0.15) is 0 Å². The summed E-state index contributed by atoms with van der Waals surface area (Å²) in [5.74, 6) is -0.148. The zero-order chi connectivity index (χ0) is 22.5. The second-order valence-electron chi connectivity index (χ2n) is 7.34. The third-order valence-corrected chi connectivity index (χ3v) is 6.09. The van der Waals surface area contributed by atoms with Crippen LogP contribution >= 0.6 is 24.2 Å². The lowest BCUT2D eigenvalue weighted by molar-refractivity contribution is 0.102. The van der Waals surface area contributed by atoms with E-state index < -0.39 is 0 Å². The van der Waals surface area contributed by atoms with Gasteiger partial charge in [-0.05, 0) is 72.8 Å². The van der Waals surface area contributed by atoms with Crippen molar-refractivity contribution in [1.29, 1.82) is 0 Å².